The first kappa shape index (κ1) is 29.5. The molecule has 1 aliphatic carbocycles. The lowest BCUT2D eigenvalue weighted by atomic mass is 9.94. The van der Waals surface area contributed by atoms with Crippen molar-refractivity contribution in [2.45, 2.75) is 58.1 Å². The van der Waals surface area contributed by atoms with Crippen molar-refractivity contribution in [3.8, 4) is 26.8 Å². The van der Waals surface area contributed by atoms with E-state index in [1.165, 1.54) is 0 Å². The Morgan fingerprint density at radius 1 is 1.22 bits per heavy atom. The average Bonchev–Trinajstić information content (AvgIpc) is 3.57. The molecule has 1 atom stereocenters. The van der Waals surface area contributed by atoms with Gasteiger partial charge in [-0.05, 0) is 93.4 Å². The molecule has 41 heavy (non-hydrogen) atoms. The predicted octanol–water partition coefficient (Wildman–Crippen LogP) is 4.94. The molecule has 0 saturated carbocycles. The molecule has 5 rings (SSSR count). The van der Waals surface area contributed by atoms with Crippen molar-refractivity contribution in [3.63, 3.8) is 0 Å². The van der Waals surface area contributed by atoms with E-state index in [4.69, 9.17) is 15.6 Å². The number of benzene rings is 2. The Kier molecular flexibility index (Phi) is 8.98. The lowest BCUT2D eigenvalue weighted by Gasteiger charge is -2.31. The summed E-state index contributed by atoms with van der Waals surface area (Å²) in [7, 11) is -3.48. The summed E-state index contributed by atoms with van der Waals surface area (Å²) in [6.45, 7) is 5.86. The van der Waals surface area contributed by atoms with E-state index in [0.717, 1.165) is 64.5 Å². The highest BCUT2D eigenvalue weighted by Crippen LogP contribution is 2.41. The normalized spacial score (nSPS) is 18.1. The molecule has 1 aromatic heterocycles. The number of aromatic nitrogens is 1. The molecule has 3 aromatic rings. The molecular weight excluding hydrogens is 560 g/mol. The minimum absolute atomic E-state index is 0.0322. The van der Waals surface area contributed by atoms with Crippen LogP contribution in [0.4, 0.5) is 5.69 Å². The number of ether oxygens (including phenoxy) is 1. The lowest BCUT2D eigenvalue weighted by Crippen LogP contribution is -2.40. The number of hydrogen-bond donors (Lipinski definition) is 3. The molecule has 4 N–H and O–H groups in total. The van der Waals surface area contributed by atoms with E-state index in [-0.39, 0.29) is 30.2 Å². The number of aliphatic carboxylic acids is 1. The summed E-state index contributed by atoms with van der Waals surface area (Å²) in [6.07, 6.45) is 5.20. The van der Waals surface area contributed by atoms with Crippen LogP contribution in [0.3, 0.4) is 0 Å². The Hall–Kier alpha value is -2.99. The second-order valence-corrected chi connectivity index (χ2v) is 14.1. The Bertz CT molecular complexity index is 1500. The molecule has 1 fully saturated rings. The van der Waals surface area contributed by atoms with Gasteiger partial charge >= 0.3 is 5.97 Å². The van der Waals surface area contributed by atoms with Crippen LogP contribution in [0.25, 0.3) is 21.0 Å². The third-order valence-corrected chi connectivity index (χ3v) is 10.3. The summed E-state index contributed by atoms with van der Waals surface area (Å²) in [5, 5.41) is 9.87. The minimum Gasteiger partial charge on any atom is -0.489 e. The number of carboxylic acid groups (broad SMARTS) is 1. The van der Waals surface area contributed by atoms with Gasteiger partial charge in [-0.1, -0.05) is 18.2 Å². The number of anilines is 1. The van der Waals surface area contributed by atoms with Gasteiger partial charge in [-0.3, -0.25) is 4.79 Å². The number of nitrogens with one attached hydrogen (secondary N) is 1. The van der Waals surface area contributed by atoms with Gasteiger partial charge in [0.05, 0.1) is 22.4 Å². The van der Waals surface area contributed by atoms with Crippen molar-refractivity contribution < 1.29 is 23.1 Å². The van der Waals surface area contributed by atoms with Crippen molar-refractivity contribution in [2.24, 2.45) is 5.92 Å². The van der Waals surface area contributed by atoms with Crippen LogP contribution in [0.15, 0.2) is 42.6 Å². The Balaban J connectivity index is 1.23. The Labute approximate surface area is 245 Å². The minimum atomic E-state index is -3.48. The van der Waals surface area contributed by atoms with Gasteiger partial charge in [0.15, 0.2) is 0 Å². The summed E-state index contributed by atoms with van der Waals surface area (Å²) in [5.74, 6) is 0.110. The van der Waals surface area contributed by atoms with Crippen molar-refractivity contribution in [1.29, 1.82) is 0 Å². The first-order valence-corrected chi connectivity index (χ1v) is 16.6. The number of carbonyl (C=O) groups is 1. The maximum atomic E-state index is 13.0. The van der Waals surface area contributed by atoms with Crippen LogP contribution >= 0.6 is 11.3 Å². The number of likely N-dealkylation sites (tertiary alicyclic amines) is 1. The second kappa shape index (κ2) is 12.5. The lowest BCUT2D eigenvalue weighted by molar-refractivity contribution is -0.138. The van der Waals surface area contributed by atoms with E-state index in [1.807, 2.05) is 50.4 Å². The zero-order valence-corrected chi connectivity index (χ0v) is 25.1. The number of thiazole rings is 1. The van der Waals surface area contributed by atoms with Crippen molar-refractivity contribution in [1.82, 2.24) is 14.6 Å². The number of nitrogen functional groups attached to an aromatic ring is 1. The van der Waals surface area contributed by atoms with E-state index in [0.29, 0.717) is 24.4 Å². The molecular formula is C30H38N4O5S2. The summed E-state index contributed by atoms with van der Waals surface area (Å²) in [5.41, 5.74) is 11.0. The number of sulfonamides is 1. The largest absolute Gasteiger partial charge is 0.489 e. The van der Waals surface area contributed by atoms with Gasteiger partial charge in [-0.2, -0.15) is 0 Å². The van der Waals surface area contributed by atoms with Crippen molar-refractivity contribution >= 4 is 33.0 Å². The van der Waals surface area contributed by atoms with Gasteiger partial charge in [0.25, 0.3) is 0 Å². The van der Waals surface area contributed by atoms with Crippen LogP contribution in [-0.2, 0) is 21.2 Å². The standard InChI is InChI=1S/C30H38N4O5S2/c1-19(2)39-27-9-6-21(17-25(27)31)30-32-18-28(40-30)24-5-3-4-23-22(24)7-8-26(23)33-41(37,38)15-14-34-12-10-20(11-13-34)16-29(35)36/h3-6,9,17-20,26,33H,7-8,10-16,31H2,1-2H3,(H,35,36)/t26-/m0/s1. The highest BCUT2D eigenvalue weighted by Gasteiger charge is 2.30. The highest BCUT2D eigenvalue weighted by atomic mass is 32.2. The van der Waals surface area contributed by atoms with Gasteiger partial charge in [-0.25, -0.2) is 18.1 Å². The summed E-state index contributed by atoms with van der Waals surface area (Å²) in [4.78, 5) is 18.8. The molecule has 0 bridgehead atoms. The molecule has 0 radical (unpaired) electrons. The third-order valence-electron chi connectivity index (χ3n) is 7.83. The molecule has 220 valence electrons. The fourth-order valence-corrected chi connectivity index (χ4v) is 8.03. The molecule has 0 unspecified atom stereocenters. The van der Waals surface area contributed by atoms with Gasteiger partial charge in [0.1, 0.15) is 10.8 Å². The van der Waals surface area contributed by atoms with Gasteiger partial charge < -0.3 is 20.5 Å². The predicted molar refractivity (Wildman–Crippen MR) is 163 cm³/mol. The molecule has 2 aromatic carbocycles. The highest BCUT2D eigenvalue weighted by molar-refractivity contribution is 7.89. The number of nitrogens with two attached hydrogens (primary N) is 1. The van der Waals surface area contributed by atoms with E-state index in [1.54, 1.807) is 11.3 Å². The van der Waals surface area contributed by atoms with Crippen LogP contribution < -0.4 is 15.2 Å². The number of piperidine rings is 1. The molecule has 0 spiro atoms. The van der Waals surface area contributed by atoms with Crippen molar-refractivity contribution in [2.75, 3.05) is 31.1 Å². The molecule has 2 aliphatic rings. The van der Waals surface area contributed by atoms with Crippen LogP contribution in [0.1, 0.15) is 56.7 Å². The van der Waals surface area contributed by atoms with E-state index in [2.05, 4.69) is 20.7 Å². The molecule has 9 nitrogen and oxygen atoms in total. The number of rotatable bonds is 11. The smallest absolute Gasteiger partial charge is 0.303 e. The zero-order valence-electron chi connectivity index (χ0n) is 23.5. The zero-order chi connectivity index (χ0) is 29.1. The fraction of sp³-hybridized carbons (Fsp3) is 0.467. The van der Waals surface area contributed by atoms with Gasteiger partial charge in [0, 0.05) is 30.8 Å². The van der Waals surface area contributed by atoms with Crippen LogP contribution in [0, 0.1) is 5.92 Å². The summed E-state index contributed by atoms with van der Waals surface area (Å²) in [6, 6.07) is 11.6. The second-order valence-electron chi connectivity index (χ2n) is 11.2. The first-order chi connectivity index (χ1) is 19.6. The Morgan fingerprint density at radius 3 is 2.71 bits per heavy atom. The Morgan fingerprint density at radius 2 is 2.00 bits per heavy atom. The van der Waals surface area contributed by atoms with Gasteiger partial charge in [-0.15, -0.1) is 11.3 Å². The van der Waals surface area contributed by atoms with E-state index >= 15 is 0 Å². The summed E-state index contributed by atoms with van der Waals surface area (Å²) >= 11 is 1.59. The molecule has 1 aliphatic heterocycles. The quantitative estimate of drug-likeness (QED) is 0.264. The van der Waals surface area contributed by atoms with E-state index < -0.39 is 16.0 Å². The van der Waals surface area contributed by atoms with E-state index in [9.17, 15) is 13.2 Å². The number of carboxylic acids is 1. The number of fused-ring (bicyclic) bond motifs is 1. The number of hydrogen-bond acceptors (Lipinski definition) is 8. The summed E-state index contributed by atoms with van der Waals surface area (Å²) < 4.78 is 34.8. The first-order valence-electron chi connectivity index (χ1n) is 14.2. The SMILES string of the molecule is CC(C)Oc1ccc(-c2ncc(-c3cccc4c3CC[C@@H]4NS(=O)(=O)CCN3CCC(CC(=O)O)CC3)s2)cc1N. The van der Waals surface area contributed by atoms with Crippen LogP contribution in [0.5, 0.6) is 5.75 Å². The van der Waals surface area contributed by atoms with Crippen LogP contribution in [-0.4, -0.2) is 60.9 Å². The van der Waals surface area contributed by atoms with Crippen LogP contribution in [0.2, 0.25) is 0 Å². The fourth-order valence-electron chi connectivity index (χ4n) is 5.77. The number of nitrogens with zero attached hydrogens (tertiary/aromatic N) is 2. The molecule has 0 amide bonds. The molecule has 1 saturated heterocycles. The molecule has 2 heterocycles. The maximum Gasteiger partial charge on any atom is 0.303 e. The monoisotopic (exact) mass is 598 g/mol. The average molecular weight is 599 g/mol. The topological polar surface area (TPSA) is 135 Å². The third kappa shape index (κ3) is 7.27. The van der Waals surface area contributed by atoms with Crippen molar-refractivity contribution in [3.05, 3.63) is 53.7 Å². The molecule has 11 heteroatoms. The maximum absolute atomic E-state index is 13.0. The van der Waals surface area contributed by atoms with Gasteiger partial charge in [0.2, 0.25) is 10.0 Å².